The van der Waals surface area contributed by atoms with Crippen molar-refractivity contribution >= 4 is 21.6 Å². The number of carbonyl (C=O) groups excluding carboxylic acids is 1. The number of nitrogens with one attached hydrogen (secondary N) is 1. The van der Waals surface area contributed by atoms with Crippen molar-refractivity contribution in [2.75, 3.05) is 18.0 Å². The van der Waals surface area contributed by atoms with Crippen molar-refractivity contribution in [1.29, 1.82) is 0 Å². The molecule has 3 aromatic rings. The van der Waals surface area contributed by atoms with Crippen LogP contribution in [0.5, 0.6) is 5.75 Å². The lowest BCUT2D eigenvalue weighted by Crippen LogP contribution is -2.41. The van der Waals surface area contributed by atoms with Crippen LogP contribution in [-0.4, -0.2) is 28.0 Å². The lowest BCUT2D eigenvalue weighted by Gasteiger charge is -2.25. The Kier molecular flexibility index (Phi) is 7.20. The molecule has 0 aliphatic rings. The van der Waals surface area contributed by atoms with Crippen molar-refractivity contribution < 1.29 is 17.9 Å². The first-order valence-electron chi connectivity index (χ1n) is 10.3. The predicted molar refractivity (Wildman–Crippen MR) is 126 cm³/mol. The Bertz CT molecular complexity index is 1160. The van der Waals surface area contributed by atoms with E-state index < -0.39 is 15.9 Å². The van der Waals surface area contributed by atoms with Gasteiger partial charge in [-0.05, 0) is 62.7 Å². The average molecular weight is 453 g/mol. The number of amides is 1. The zero-order chi connectivity index (χ0) is 23.3. The Hall–Kier alpha value is -3.32. The van der Waals surface area contributed by atoms with Crippen molar-refractivity contribution in [2.45, 2.75) is 31.7 Å². The summed E-state index contributed by atoms with van der Waals surface area (Å²) in [4.78, 5) is 13.0. The van der Waals surface area contributed by atoms with Gasteiger partial charge < -0.3 is 10.1 Å². The van der Waals surface area contributed by atoms with E-state index in [1.54, 1.807) is 48.5 Å². The quantitative estimate of drug-likeness (QED) is 0.550. The fourth-order valence-corrected chi connectivity index (χ4v) is 4.68. The fraction of sp³-hybridized carbons (Fsp3) is 0.240. The highest BCUT2D eigenvalue weighted by atomic mass is 32.2. The highest BCUT2D eigenvalue weighted by Gasteiger charge is 2.27. The zero-order valence-electron chi connectivity index (χ0n) is 18.7. The van der Waals surface area contributed by atoms with Gasteiger partial charge in [-0.1, -0.05) is 47.5 Å². The molecule has 1 amide bonds. The van der Waals surface area contributed by atoms with Crippen molar-refractivity contribution in [3.63, 3.8) is 0 Å². The van der Waals surface area contributed by atoms with Gasteiger partial charge >= 0.3 is 0 Å². The molecule has 0 saturated heterocycles. The second kappa shape index (κ2) is 9.87. The smallest absolute Gasteiger partial charge is 0.264 e. The molecule has 0 unspecified atom stereocenters. The molecule has 32 heavy (non-hydrogen) atoms. The Morgan fingerprint density at radius 3 is 1.97 bits per heavy atom. The summed E-state index contributed by atoms with van der Waals surface area (Å²) >= 11 is 0. The fourth-order valence-electron chi connectivity index (χ4n) is 3.26. The van der Waals surface area contributed by atoms with Gasteiger partial charge in [0.15, 0.2) is 0 Å². The summed E-state index contributed by atoms with van der Waals surface area (Å²) in [6.45, 7) is 5.40. The summed E-state index contributed by atoms with van der Waals surface area (Å²) in [7, 11) is -2.42. The molecule has 6 nitrogen and oxygen atoms in total. The van der Waals surface area contributed by atoms with Crippen LogP contribution in [0.1, 0.15) is 29.7 Å². The molecule has 1 N–H and O–H groups in total. The molecule has 0 saturated carbocycles. The van der Waals surface area contributed by atoms with Gasteiger partial charge in [0.05, 0.1) is 23.7 Å². The van der Waals surface area contributed by atoms with Gasteiger partial charge in [0.1, 0.15) is 12.3 Å². The number of sulfonamides is 1. The van der Waals surface area contributed by atoms with Crippen molar-refractivity contribution in [3.05, 3.63) is 89.5 Å². The van der Waals surface area contributed by atoms with Crippen LogP contribution in [0.4, 0.5) is 5.69 Å². The lowest BCUT2D eigenvalue weighted by atomic mass is 10.1. The molecular formula is C25H28N2O4S. The second-order valence-electron chi connectivity index (χ2n) is 7.72. The predicted octanol–water partition coefficient (Wildman–Crippen LogP) is 4.38. The molecule has 0 bridgehead atoms. The summed E-state index contributed by atoms with van der Waals surface area (Å²) in [6, 6.07) is 20.7. The summed E-state index contributed by atoms with van der Waals surface area (Å²) in [5, 5.41) is 2.90. The minimum Gasteiger partial charge on any atom is -0.497 e. The van der Waals surface area contributed by atoms with Crippen molar-refractivity contribution in [3.8, 4) is 5.75 Å². The van der Waals surface area contributed by atoms with E-state index in [0.717, 1.165) is 21.0 Å². The molecule has 0 heterocycles. The van der Waals surface area contributed by atoms with Gasteiger partial charge in [-0.3, -0.25) is 9.10 Å². The van der Waals surface area contributed by atoms with Crippen LogP contribution in [0.3, 0.4) is 0 Å². The molecular weight excluding hydrogens is 424 g/mol. The largest absolute Gasteiger partial charge is 0.497 e. The molecule has 168 valence electrons. The summed E-state index contributed by atoms with van der Waals surface area (Å²) in [6.07, 6.45) is 0. The van der Waals surface area contributed by atoms with Crippen LogP contribution in [0.25, 0.3) is 0 Å². The molecule has 1 atom stereocenters. The van der Waals surface area contributed by atoms with Gasteiger partial charge in [-0.15, -0.1) is 0 Å². The number of ether oxygens (including phenoxy) is 1. The average Bonchev–Trinajstić information content (AvgIpc) is 2.78. The summed E-state index contributed by atoms with van der Waals surface area (Å²) < 4.78 is 33.2. The molecule has 0 aromatic heterocycles. The van der Waals surface area contributed by atoms with Crippen molar-refractivity contribution in [1.82, 2.24) is 5.32 Å². The maximum absolute atomic E-state index is 13.4. The zero-order valence-corrected chi connectivity index (χ0v) is 19.5. The minimum absolute atomic E-state index is 0.123. The maximum Gasteiger partial charge on any atom is 0.264 e. The monoisotopic (exact) mass is 452 g/mol. The standard InChI is InChI=1S/C25H28N2O4S/c1-18-5-9-21(10-6-18)20(3)26-25(28)17-27(22-11-13-23(31-4)14-12-22)32(29,30)24-15-7-19(2)8-16-24/h5-16,20H,17H2,1-4H3,(H,26,28)/t20-/m0/s1. The number of aryl methyl sites for hydroxylation is 2. The lowest BCUT2D eigenvalue weighted by molar-refractivity contribution is -0.120. The van der Waals surface area contributed by atoms with Crippen LogP contribution in [0, 0.1) is 13.8 Å². The number of benzene rings is 3. The topological polar surface area (TPSA) is 75.7 Å². The van der Waals surface area contributed by atoms with Gasteiger partial charge in [-0.2, -0.15) is 0 Å². The van der Waals surface area contributed by atoms with Crippen LogP contribution in [-0.2, 0) is 14.8 Å². The van der Waals surface area contributed by atoms with Gasteiger partial charge in [0.2, 0.25) is 5.91 Å². The van der Waals surface area contributed by atoms with Gasteiger partial charge in [-0.25, -0.2) is 8.42 Å². The van der Waals surface area contributed by atoms with Crippen LogP contribution in [0.15, 0.2) is 77.7 Å². The Morgan fingerprint density at radius 1 is 0.906 bits per heavy atom. The molecule has 0 aliphatic heterocycles. The minimum atomic E-state index is -3.96. The van der Waals surface area contributed by atoms with E-state index in [1.165, 1.54) is 7.11 Å². The first-order chi connectivity index (χ1) is 15.2. The van der Waals surface area contributed by atoms with E-state index in [-0.39, 0.29) is 17.5 Å². The second-order valence-corrected chi connectivity index (χ2v) is 9.58. The normalized spacial score (nSPS) is 12.1. The third-order valence-electron chi connectivity index (χ3n) is 5.21. The molecule has 3 aromatic carbocycles. The molecule has 0 fully saturated rings. The molecule has 0 aliphatic carbocycles. The number of hydrogen-bond acceptors (Lipinski definition) is 4. The Labute approximate surface area is 189 Å². The van der Waals surface area contributed by atoms with Gasteiger partial charge in [0.25, 0.3) is 10.0 Å². The van der Waals surface area contributed by atoms with Crippen LogP contribution >= 0.6 is 0 Å². The summed E-state index contributed by atoms with van der Waals surface area (Å²) in [5.41, 5.74) is 3.40. The SMILES string of the molecule is COc1ccc(N(CC(=O)N[C@@H](C)c2ccc(C)cc2)S(=O)(=O)c2ccc(C)cc2)cc1. The number of anilines is 1. The molecule has 3 rings (SSSR count). The third kappa shape index (κ3) is 5.48. The number of rotatable bonds is 8. The maximum atomic E-state index is 13.4. The number of nitrogens with zero attached hydrogens (tertiary/aromatic N) is 1. The van der Waals surface area contributed by atoms with E-state index in [0.29, 0.717) is 11.4 Å². The van der Waals surface area contributed by atoms with E-state index in [4.69, 9.17) is 4.74 Å². The summed E-state index contributed by atoms with van der Waals surface area (Å²) in [5.74, 6) is 0.198. The van der Waals surface area contributed by atoms with E-state index in [9.17, 15) is 13.2 Å². The van der Waals surface area contributed by atoms with Gasteiger partial charge in [0, 0.05) is 0 Å². The Morgan fingerprint density at radius 2 is 1.44 bits per heavy atom. The molecule has 7 heteroatoms. The van der Waals surface area contributed by atoms with Crippen LogP contribution < -0.4 is 14.4 Å². The number of hydrogen-bond donors (Lipinski definition) is 1. The first-order valence-corrected chi connectivity index (χ1v) is 11.7. The van der Waals surface area contributed by atoms with Crippen LogP contribution in [0.2, 0.25) is 0 Å². The van der Waals surface area contributed by atoms with Crippen molar-refractivity contribution in [2.24, 2.45) is 0 Å². The van der Waals surface area contributed by atoms with E-state index in [2.05, 4.69) is 5.32 Å². The Balaban J connectivity index is 1.88. The number of carbonyl (C=O) groups is 1. The highest BCUT2D eigenvalue weighted by Crippen LogP contribution is 2.26. The van der Waals surface area contributed by atoms with E-state index in [1.807, 2.05) is 45.0 Å². The highest BCUT2D eigenvalue weighted by molar-refractivity contribution is 7.92. The number of methoxy groups -OCH3 is 1. The molecule has 0 spiro atoms. The molecule has 0 radical (unpaired) electrons. The first kappa shape index (κ1) is 23.3. The third-order valence-corrected chi connectivity index (χ3v) is 7.00. The van der Waals surface area contributed by atoms with E-state index >= 15 is 0 Å².